The van der Waals surface area contributed by atoms with Crippen LogP contribution in [0, 0.1) is 0 Å². The summed E-state index contributed by atoms with van der Waals surface area (Å²) in [5.74, 6) is 0.323. The minimum atomic E-state index is 0.323. The van der Waals surface area contributed by atoms with E-state index in [2.05, 4.69) is 12.2 Å². The van der Waals surface area contributed by atoms with Gasteiger partial charge in [-0.3, -0.25) is 4.79 Å². The Labute approximate surface area is 97.3 Å². The molecule has 16 heavy (non-hydrogen) atoms. The van der Waals surface area contributed by atoms with Crippen LogP contribution < -0.4 is 5.32 Å². The maximum Gasteiger partial charge on any atom is 0.224 e. The van der Waals surface area contributed by atoms with Gasteiger partial charge in [0.25, 0.3) is 0 Å². The van der Waals surface area contributed by atoms with E-state index in [-0.39, 0.29) is 0 Å². The highest BCUT2D eigenvalue weighted by Crippen LogP contribution is 2.30. The zero-order valence-electron chi connectivity index (χ0n) is 10.2. The average Bonchev–Trinajstić information content (AvgIpc) is 3.01. The van der Waals surface area contributed by atoms with Crippen LogP contribution >= 0.6 is 0 Å². The number of likely N-dealkylation sites (tertiary alicyclic amines) is 1. The Morgan fingerprint density at radius 1 is 1.56 bits per heavy atom. The van der Waals surface area contributed by atoms with Crippen molar-refractivity contribution >= 4 is 5.91 Å². The van der Waals surface area contributed by atoms with Crippen molar-refractivity contribution < 1.29 is 9.53 Å². The maximum absolute atomic E-state index is 11.7. The number of carbonyl (C=O) groups is 1. The van der Waals surface area contributed by atoms with E-state index in [0.717, 1.165) is 19.8 Å². The van der Waals surface area contributed by atoms with Crippen molar-refractivity contribution in [3.63, 3.8) is 0 Å². The van der Waals surface area contributed by atoms with Crippen molar-refractivity contribution in [2.24, 2.45) is 0 Å². The van der Waals surface area contributed by atoms with Crippen LogP contribution in [0.3, 0.4) is 0 Å². The summed E-state index contributed by atoms with van der Waals surface area (Å²) in [5.41, 5.74) is 0. The Balaban J connectivity index is 1.72. The van der Waals surface area contributed by atoms with Crippen LogP contribution in [-0.2, 0) is 9.53 Å². The lowest BCUT2D eigenvalue weighted by Crippen LogP contribution is -2.41. The molecule has 0 bridgehead atoms. The maximum atomic E-state index is 11.7. The number of nitrogens with one attached hydrogen (secondary N) is 1. The molecule has 4 heteroatoms. The van der Waals surface area contributed by atoms with Crippen molar-refractivity contribution in [2.75, 3.05) is 19.8 Å². The summed E-state index contributed by atoms with van der Waals surface area (Å²) in [4.78, 5) is 13.8. The smallest absolute Gasteiger partial charge is 0.224 e. The van der Waals surface area contributed by atoms with Crippen molar-refractivity contribution in [1.82, 2.24) is 10.2 Å². The van der Waals surface area contributed by atoms with Gasteiger partial charge in [-0.05, 0) is 26.7 Å². The van der Waals surface area contributed by atoms with Gasteiger partial charge in [-0.25, -0.2) is 0 Å². The van der Waals surface area contributed by atoms with E-state index < -0.39 is 0 Å². The molecule has 4 nitrogen and oxygen atoms in total. The molecule has 0 aromatic carbocycles. The molecule has 1 aliphatic heterocycles. The normalized spacial score (nSPS) is 27.5. The largest absolute Gasteiger partial charge is 0.380 e. The monoisotopic (exact) mass is 226 g/mol. The number of rotatable bonds is 6. The molecule has 2 fully saturated rings. The van der Waals surface area contributed by atoms with Crippen molar-refractivity contribution in [3.8, 4) is 0 Å². The summed E-state index contributed by atoms with van der Waals surface area (Å²) < 4.78 is 5.36. The Kier molecular flexibility index (Phi) is 3.82. The standard InChI is InChI=1S/C12H22N2O2/c1-3-16-8-9(2)13-10-6-12(15)14(7-10)11-4-5-11/h9-11,13H,3-8H2,1-2H3. The molecular formula is C12H22N2O2. The van der Waals surface area contributed by atoms with E-state index in [9.17, 15) is 4.79 Å². The van der Waals surface area contributed by atoms with Crippen LogP contribution in [0.5, 0.6) is 0 Å². The second-order valence-corrected chi connectivity index (χ2v) is 4.91. The highest BCUT2D eigenvalue weighted by Gasteiger charge is 2.39. The van der Waals surface area contributed by atoms with E-state index in [1.807, 2.05) is 11.8 Å². The van der Waals surface area contributed by atoms with Gasteiger partial charge in [-0.1, -0.05) is 0 Å². The lowest BCUT2D eigenvalue weighted by atomic mass is 10.2. The summed E-state index contributed by atoms with van der Waals surface area (Å²) in [6, 6.07) is 1.21. The minimum Gasteiger partial charge on any atom is -0.380 e. The second-order valence-electron chi connectivity index (χ2n) is 4.91. The molecule has 1 heterocycles. The van der Waals surface area contributed by atoms with E-state index in [1.54, 1.807) is 0 Å². The Bertz CT molecular complexity index is 253. The summed E-state index contributed by atoms with van der Waals surface area (Å²) >= 11 is 0. The average molecular weight is 226 g/mol. The number of amides is 1. The fourth-order valence-corrected chi connectivity index (χ4v) is 2.33. The zero-order chi connectivity index (χ0) is 11.5. The highest BCUT2D eigenvalue weighted by molar-refractivity contribution is 5.80. The summed E-state index contributed by atoms with van der Waals surface area (Å²) in [5, 5.41) is 3.47. The molecule has 1 saturated heterocycles. The lowest BCUT2D eigenvalue weighted by molar-refractivity contribution is -0.128. The molecule has 2 rings (SSSR count). The van der Waals surface area contributed by atoms with Gasteiger partial charge in [-0.15, -0.1) is 0 Å². The van der Waals surface area contributed by atoms with Crippen molar-refractivity contribution in [3.05, 3.63) is 0 Å². The Morgan fingerprint density at radius 2 is 2.31 bits per heavy atom. The predicted octanol–water partition coefficient (Wildman–Crippen LogP) is 0.764. The van der Waals surface area contributed by atoms with Crippen LogP contribution in [-0.4, -0.2) is 48.7 Å². The van der Waals surface area contributed by atoms with E-state index >= 15 is 0 Å². The van der Waals surface area contributed by atoms with Gasteiger partial charge in [0.1, 0.15) is 0 Å². The third kappa shape index (κ3) is 2.95. The van der Waals surface area contributed by atoms with E-state index in [4.69, 9.17) is 4.74 Å². The third-order valence-corrected chi connectivity index (χ3v) is 3.24. The number of carbonyl (C=O) groups excluding carboxylic acids is 1. The first kappa shape index (κ1) is 11.9. The molecule has 2 aliphatic rings. The third-order valence-electron chi connectivity index (χ3n) is 3.24. The molecule has 1 saturated carbocycles. The van der Waals surface area contributed by atoms with Crippen LogP contribution in [0.1, 0.15) is 33.1 Å². The second kappa shape index (κ2) is 5.15. The number of nitrogens with zero attached hydrogens (tertiary/aromatic N) is 1. The van der Waals surface area contributed by atoms with Gasteiger partial charge in [0, 0.05) is 37.7 Å². The van der Waals surface area contributed by atoms with E-state index in [0.29, 0.717) is 30.5 Å². The summed E-state index contributed by atoms with van der Waals surface area (Å²) in [6.07, 6.45) is 3.06. The predicted molar refractivity (Wildman–Crippen MR) is 62.2 cm³/mol. The topological polar surface area (TPSA) is 41.6 Å². The van der Waals surface area contributed by atoms with E-state index in [1.165, 1.54) is 12.8 Å². The summed E-state index contributed by atoms with van der Waals surface area (Å²) in [7, 11) is 0. The van der Waals surface area contributed by atoms with Gasteiger partial charge >= 0.3 is 0 Å². The lowest BCUT2D eigenvalue weighted by Gasteiger charge is -2.20. The highest BCUT2D eigenvalue weighted by atomic mass is 16.5. The number of hydrogen-bond donors (Lipinski definition) is 1. The Morgan fingerprint density at radius 3 is 2.94 bits per heavy atom. The minimum absolute atomic E-state index is 0.323. The zero-order valence-corrected chi connectivity index (χ0v) is 10.2. The van der Waals surface area contributed by atoms with Gasteiger partial charge < -0.3 is 15.0 Å². The molecule has 1 N–H and O–H groups in total. The molecule has 1 amide bonds. The first-order valence-electron chi connectivity index (χ1n) is 6.34. The quantitative estimate of drug-likeness (QED) is 0.727. The molecular weight excluding hydrogens is 204 g/mol. The molecule has 0 spiro atoms. The fourth-order valence-electron chi connectivity index (χ4n) is 2.33. The summed E-state index contributed by atoms with van der Waals surface area (Å²) in [6.45, 7) is 6.48. The molecule has 2 atom stereocenters. The molecule has 2 unspecified atom stereocenters. The molecule has 92 valence electrons. The van der Waals surface area contributed by atoms with Crippen LogP contribution in [0.25, 0.3) is 0 Å². The van der Waals surface area contributed by atoms with Crippen molar-refractivity contribution in [1.29, 1.82) is 0 Å². The molecule has 0 aromatic heterocycles. The van der Waals surface area contributed by atoms with Crippen LogP contribution in [0.2, 0.25) is 0 Å². The Hall–Kier alpha value is -0.610. The first-order chi connectivity index (χ1) is 7.70. The number of ether oxygens (including phenoxy) is 1. The van der Waals surface area contributed by atoms with Gasteiger partial charge in [0.15, 0.2) is 0 Å². The van der Waals surface area contributed by atoms with Gasteiger partial charge in [0.05, 0.1) is 6.61 Å². The first-order valence-corrected chi connectivity index (χ1v) is 6.34. The fraction of sp³-hybridized carbons (Fsp3) is 0.917. The SMILES string of the molecule is CCOCC(C)NC1CC(=O)N(C2CC2)C1. The molecule has 0 aromatic rings. The van der Waals surface area contributed by atoms with Crippen LogP contribution in [0.15, 0.2) is 0 Å². The molecule has 0 radical (unpaired) electrons. The van der Waals surface area contributed by atoms with Crippen molar-refractivity contribution in [2.45, 2.75) is 51.2 Å². The number of hydrogen-bond acceptors (Lipinski definition) is 3. The van der Waals surface area contributed by atoms with Gasteiger partial charge in [-0.2, -0.15) is 0 Å². The van der Waals surface area contributed by atoms with Crippen LogP contribution in [0.4, 0.5) is 0 Å². The van der Waals surface area contributed by atoms with Gasteiger partial charge in [0.2, 0.25) is 5.91 Å². The molecule has 1 aliphatic carbocycles.